The summed E-state index contributed by atoms with van der Waals surface area (Å²) in [6, 6.07) is 17.8. The molecule has 0 spiro atoms. The van der Waals surface area contributed by atoms with E-state index in [0.29, 0.717) is 5.75 Å². The summed E-state index contributed by atoms with van der Waals surface area (Å²) in [7, 11) is 0. The summed E-state index contributed by atoms with van der Waals surface area (Å²) < 4.78 is 6.41. The van der Waals surface area contributed by atoms with Gasteiger partial charge >= 0.3 is 0 Å². The molecule has 3 aromatic rings. The molecule has 1 heterocycles. The number of aliphatic hydroxyl groups is 1. The highest BCUT2D eigenvalue weighted by atomic mass is 16.6. The Labute approximate surface area is 171 Å². The topological polar surface area (TPSA) is 138 Å². The van der Waals surface area contributed by atoms with E-state index in [0.717, 1.165) is 28.0 Å². The van der Waals surface area contributed by atoms with E-state index in [1.54, 1.807) is 12.1 Å². The Morgan fingerprint density at radius 1 is 1.13 bits per heavy atom. The first-order valence-corrected chi connectivity index (χ1v) is 9.00. The van der Waals surface area contributed by atoms with E-state index in [1.165, 1.54) is 0 Å². The van der Waals surface area contributed by atoms with Crippen molar-refractivity contribution in [3.8, 4) is 16.9 Å². The summed E-state index contributed by atoms with van der Waals surface area (Å²) in [6.45, 7) is -0.464. The van der Waals surface area contributed by atoms with Crippen molar-refractivity contribution in [3.05, 3.63) is 92.9 Å². The average Bonchev–Trinajstić information content (AvgIpc) is 2.74. The van der Waals surface area contributed by atoms with Crippen molar-refractivity contribution in [1.82, 2.24) is 4.57 Å². The number of pyridine rings is 1. The lowest BCUT2D eigenvalue weighted by atomic mass is 10.1. The predicted molar refractivity (Wildman–Crippen MR) is 109 cm³/mol. The van der Waals surface area contributed by atoms with Crippen molar-refractivity contribution < 1.29 is 19.6 Å². The molecule has 0 aliphatic carbocycles. The number of carbonyl (C=O) groups is 1. The van der Waals surface area contributed by atoms with Gasteiger partial charge in [0.2, 0.25) is 0 Å². The summed E-state index contributed by atoms with van der Waals surface area (Å²) in [6.07, 6.45) is -0.202. The Bertz CT molecular complexity index is 1110. The Balaban J connectivity index is 1.67. The standard InChI is InChI=1S/C21H19N3O6/c22-20(26)19-10-16(24(28)29)11-23(21(19)27)12-17(25)13-30-18-8-6-15(7-9-18)14-4-2-1-3-5-14/h1-11,17,25H,12-13H2,(H2,22,26). The predicted octanol–water partition coefficient (Wildman–Crippen LogP) is 1.96. The number of hydrogen-bond acceptors (Lipinski definition) is 6. The number of ether oxygens (including phenoxy) is 1. The Morgan fingerprint density at radius 2 is 1.77 bits per heavy atom. The van der Waals surface area contributed by atoms with Crippen LogP contribution in [0.2, 0.25) is 0 Å². The number of amides is 1. The number of nitrogens with two attached hydrogens (primary N) is 1. The molecule has 3 N–H and O–H groups in total. The molecule has 1 aromatic heterocycles. The van der Waals surface area contributed by atoms with Gasteiger partial charge in [-0.3, -0.25) is 19.7 Å². The molecule has 1 unspecified atom stereocenters. The molecule has 0 radical (unpaired) electrons. The summed E-state index contributed by atoms with van der Waals surface area (Å²) in [5, 5.41) is 21.2. The number of aliphatic hydroxyl groups excluding tert-OH is 1. The lowest BCUT2D eigenvalue weighted by Gasteiger charge is -2.14. The molecule has 0 saturated carbocycles. The molecule has 30 heavy (non-hydrogen) atoms. The smallest absolute Gasteiger partial charge is 0.286 e. The minimum absolute atomic E-state index is 0.161. The third-order valence-electron chi connectivity index (χ3n) is 4.36. The second-order valence-electron chi connectivity index (χ2n) is 6.55. The van der Waals surface area contributed by atoms with E-state index < -0.39 is 33.7 Å². The number of rotatable bonds is 8. The monoisotopic (exact) mass is 409 g/mol. The molecule has 2 aromatic carbocycles. The van der Waals surface area contributed by atoms with Gasteiger partial charge in [0, 0.05) is 6.07 Å². The zero-order valence-electron chi connectivity index (χ0n) is 15.8. The molecular formula is C21H19N3O6. The van der Waals surface area contributed by atoms with Crippen LogP contribution < -0.4 is 16.0 Å². The van der Waals surface area contributed by atoms with E-state index in [4.69, 9.17) is 10.5 Å². The number of aromatic nitrogens is 1. The molecular weight excluding hydrogens is 390 g/mol. The van der Waals surface area contributed by atoms with Crippen LogP contribution >= 0.6 is 0 Å². The van der Waals surface area contributed by atoms with Crippen LogP contribution in [0.15, 0.2) is 71.7 Å². The molecule has 0 fully saturated rings. The highest BCUT2D eigenvalue weighted by molar-refractivity contribution is 5.92. The van der Waals surface area contributed by atoms with Crippen LogP contribution in [0.1, 0.15) is 10.4 Å². The van der Waals surface area contributed by atoms with Crippen LogP contribution in [0.3, 0.4) is 0 Å². The van der Waals surface area contributed by atoms with E-state index in [-0.39, 0.29) is 13.2 Å². The second-order valence-corrected chi connectivity index (χ2v) is 6.55. The average molecular weight is 409 g/mol. The van der Waals surface area contributed by atoms with E-state index >= 15 is 0 Å². The van der Waals surface area contributed by atoms with Crippen molar-refractivity contribution >= 4 is 11.6 Å². The Morgan fingerprint density at radius 3 is 2.37 bits per heavy atom. The molecule has 0 aliphatic heterocycles. The van der Waals surface area contributed by atoms with Crippen molar-refractivity contribution in [2.75, 3.05) is 6.61 Å². The molecule has 9 nitrogen and oxygen atoms in total. The van der Waals surface area contributed by atoms with Gasteiger partial charge in [-0.15, -0.1) is 0 Å². The summed E-state index contributed by atoms with van der Waals surface area (Å²) in [4.78, 5) is 33.9. The number of primary amides is 1. The minimum Gasteiger partial charge on any atom is -0.491 e. The van der Waals surface area contributed by atoms with Crippen LogP contribution in [0.4, 0.5) is 5.69 Å². The van der Waals surface area contributed by atoms with Gasteiger partial charge in [-0.1, -0.05) is 42.5 Å². The van der Waals surface area contributed by atoms with Crippen LogP contribution in [-0.2, 0) is 6.54 Å². The summed E-state index contributed by atoms with van der Waals surface area (Å²) in [5.41, 5.74) is 5.35. The highest BCUT2D eigenvalue weighted by Gasteiger charge is 2.19. The number of benzene rings is 2. The third kappa shape index (κ3) is 4.89. The zero-order valence-corrected chi connectivity index (χ0v) is 15.8. The van der Waals surface area contributed by atoms with Gasteiger partial charge in [-0.05, 0) is 23.3 Å². The van der Waals surface area contributed by atoms with Gasteiger partial charge in [-0.25, -0.2) is 0 Å². The summed E-state index contributed by atoms with van der Waals surface area (Å²) >= 11 is 0. The maximum atomic E-state index is 12.3. The van der Waals surface area contributed by atoms with Gasteiger partial charge in [0.25, 0.3) is 17.2 Å². The second kappa shape index (κ2) is 9.01. The first-order chi connectivity index (χ1) is 14.3. The lowest BCUT2D eigenvalue weighted by molar-refractivity contribution is -0.385. The maximum absolute atomic E-state index is 12.3. The van der Waals surface area contributed by atoms with Gasteiger partial charge in [-0.2, -0.15) is 0 Å². The lowest BCUT2D eigenvalue weighted by Crippen LogP contribution is -2.34. The Kier molecular flexibility index (Phi) is 6.23. The first-order valence-electron chi connectivity index (χ1n) is 9.00. The summed E-state index contributed by atoms with van der Waals surface area (Å²) in [5.74, 6) is -0.570. The number of carbonyl (C=O) groups excluding carboxylic acids is 1. The zero-order chi connectivity index (χ0) is 21.7. The molecule has 3 rings (SSSR count). The van der Waals surface area contributed by atoms with Crippen molar-refractivity contribution in [2.24, 2.45) is 5.73 Å². The minimum atomic E-state index is -1.15. The van der Waals surface area contributed by atoms with Crippen LogP contribution in [0.5, 0.6) is 5.75 Å². The molecule has 1 amide bonds. The quantitative estimate of drug-likeness (QED) is 0.431. The molecule has 0 saturated heterocycles. The van der Waals surface area contributed by atoms with Crippen molar-refractivity contribution in [3.63, 3.8) is 0 Å². The Hall–Kier alpha value is -3.98. The largest absolute Gasteiger partial charge is 0.491 e. The number of hydrogen-bond donors (Lipinski definition) is 2. The van der Waals surface area contributed by atoms with Gasteiger partial charge < -0.3 is 20.1 Å². The fraction of sp³-hybridized carbons (Fsp3) is 0.143. The first kappa shape index (κ1) is 20.7. The number of nitro groups is 1. The molecule has 0 bridgehead atoms. The van der Waals surface area contributed by atoms with Crippen LogP contribution in [0.25, 0.3) is 11.1 Å². The van der Waals surface area contributed by atoms with Crippen molar-refractivity contribution in [1.29, 1.82) is 0 Å². The molecule has 1 atom stereocenters. The maximum Gasteiger partial charge on any atom is 0.286 e. The van der Waals surface area contributed by atoms with Gasteiger partial charge in [0.05, 0.1) is 17.7 Å². The fourth-order valence-electron chi connectivity index (χ4n) is 2.88. The van der Waals surface area contributed by atoms with E-state index in [9.17, 15) is 24.8 Å². The SMILES string of the molecule is NC(=O)c1cc([N+](=O)[O-])cn(CC(O)COc2ccc(-c3ccccc3)cc2)c1=O. The molecule has 154 valence electrons. The molecule has 9 heteroatoms. The molecule has 0 aliphatic rings. The van der Waals surface area contributed by atoms with E-state index in [1.807, 2.05) is 42.5 Å². The normalized spacial score (nSPS) is 11.6. The van der Waals surface area contributed by atoms with Crippen molar-refractivity contribution in [2.45, 2.75) is 12.6 Å². The highest BCUT2D eigenvalue weighted by Crippen LogP contribution is 2.22. The number of nitrogens with zero attached hydrogens (tertiary/aromatic N) is 2. The fourth-order valence-corrected chi connectivity index (χ4v) is 2.88. The van der Waals surface area contributed by atoms with Crippen LogP contribution in [-0.4, -0.2) is 33.2 Å². The van der Waals surface area contributed by atoms with Gasteiger partial charge in [0.15, 0.2) is 0 Å². The van der Waals surface area contributed by atoms with Crippen LogP contribution in [0, 0.1) is 10.1 Å². The van der Waals surface area contributed by atoms with E-state index in [2.05, 4.69) is 0 Å². The van der Waals surface area contributed by atoms with Gasteiger partial charge in [0.1, 0.15) is 24.0 Å². The third-order valence-corrected chi connectivity index (χ3v) is 4.36.